The number of imide groups is 2. The molecule has 1 fully saturated rings. The molecule has 6 amide bonds. The van der Waals surface area contributed by atoms with E-state index in [9.17, 15) is 24.0 Å². The van der Waals surface area contributed by atoms with Crippen molar-refractivity contribution in [3.63, 3.8) is 0 Å². The van der Waals surface area contributed by atoms with Crippen molar-refractivity contribution in [3.8, 4) is 0 Å². The Morgan fingerprint density at radius 2 is 2.00 bits per heavy atom. The molecule has 0 aromatic heterocycles. The lowest BCUT2D eigenvalue weighted by Gasteiger charge is -2.27. The zero-order chi connectivity index (χ0) is 19.6. The van der Waals surface area contributed by atoms with E-state index in [1.807, 2.05) is 6.92 Å². The van der Waals surface area contributed by atoms with Crippen molar-refractivity contribution in [2.75, 3.05) is 11.9 Å². The molecule has 3 rings (SSSR count). The van der Waals surface area contributed by atoms with Gasteiger partial charge in [-0.2, -0.15) is 0 Å². The Morgan fingerprint density at radius 1 is 1.22 bits per heavy atom. The molecule has 142 valence electrons. The molecule has 0 saturated carbocycles. The molecule has 3 N–H and O–H groups in total. The summed E-state index contributed by atoms with van der Waals surface area (Å²) in [6.07, 6.45) is 1.88. The van der Waals surface area contributed by atoms with Gasteiger partial charge in [0.2, 0.25) is 11.8 Å². The summed E-state index contributed by atoms with van der Waals surface area (Å²) in [4.78, 5) is 61.8. The van der Waals surface area contributed by atoms with Gasteiger partial charge in [0, 0.05) is 13.0 Å². The molecule has 0 radical (unpaired) electrons. The fourth-order valence-corrected chi connectivity index (χ4v) is 3.16. The van der Waals surface area contributed by atoms with Crippen LogP contribution in [-0.2, 0) is 9.59 Å². The van der Waals surface area contributed by atoms with E-state index in [0.29, 0.717) is 6.54 Å². The van der Waals surface area contributed by atoms with E-state index in [2.05, 4.69) is 16.0 Å². The molecule has 1 unspecified atom stereocenters. The summed E-state index contributed by atoms with van der Waals surface area (Å²) >= 11 is 0. The van der Waals surface area contributed by atoms with Crippen LogP contribution in [0.15, 0.2) is 18.2 Å². The lowest BCUT2D eigenvalue weighted by Crippen LogP contribution is -2.54. The summed E-state index contributed by atoms with van der Waals surface area (Å²) in [6.45, 7) is 2.49. The first kappa shape index (κ1) is 18.6. The minimum atomic E-state index is -1.04. The molecular formula is C18H20N4O5. The molecule has 9 heteroatoms. The Labute approximate surface area is 155 Å². The van der Waals surface area contributed by atoms with Crippen molar-refractivity contribution in [1.82, 2.24) is 15.5 Å². The minimum Gasteiger partial charge on any atom is -0.338 e. The average Bonchev–Trinajstić information content (AvgIpc) is 2.88. The van der Waals surface area contributed by atoms with Gasteiger partial charge in [-0.15, -0.1) is 0 Å². The van der Waals surface area contributed by atoms with Crippen molar-refractivity contribution in [1.29, 1.82) is 0 Å². The monoisotopic (exact) mass is 372 g/mol. The number of benzene rings is 1. The van der Waals surface area contributed by atoms with E-state index >= 15 is 0 Å². The number of hydrogen-bond acceptors (Lipinski definition) is 5. The van der Waals surface area contributed by atoms with Gasteiger partial charge in [0.25, 0.3) is 11.8 Å². The molecule has 1 aromatic carbocycles. The highest BCUT2D eigenvalue weighted by atomic mass is 16.2. The number of anilines is 1. The third-order valence-corrected chi connectivity index (χ3v) is 4.53. The first-order valence-corrected chi connectivity index (χ1v) is 8.83. The van der Waals surface area contributed by atoms with Crippen LogP contribution in [-0.4, -0.2) is 47.1 Å². The second-order valence-electron chi connectivity index (χ2n) is 6.41. The molecular weight excluding hydrogens is 352 g/mol. The van der Waals surface area contributed by atoms with Gasteiger partial charge in [-0.3, -0.25) is 29.4 Å². The Balaban J connectivity index is 1.83. The first-order valence-electron chi connectivity index (χ1n) is 8.83. The second kappa shape index (κ2) is 7.56. The molecule has 0 spiro atoms. The molecule has 0 bridgehead atoms. The zero-order valence-electron chi connectivity index (χ0n) is 14.8. The molecule has 2 aliphatic heterocycles. The normalized spacial score (nSPS) is 19.0. The van der Waals surface area contributed by atoms with Crippen molar-refractivity contribution < 1.29 is 24.0 Å². The lowest BCUT2D eigenvalue weighted by atomic mass is 10.0. The number of nitrogens with one attached hydrogen (secondary N) is 3. The van der Waals surface area contributed by atoms with Crippen molar-refractivity contribution >= 4 is 35.3 Å². The predicted octanol–water partition coefficient (Wildman–Crippen LogP) is 1.01. The molecule has 1 aromatic rings. The van der Waals surface area contributed by atoms with Gasteiger partial charge in [-0.05, 0) is 25.0 Å². The van der Waals surface area contributed by atoms with E-state index in [-0.39, 0.29) is 29.7 Å². The Hall–Kier alpha value is -3.23. The number of amides is 6. The van der Waals surface area contributed by atoms with E-state index < -0.39 is 35.7 Å². The highest BCUT2D eigenvalue weighted by Gasteiger charge is 2.45. The third kappa shape index (κ3) is 3.53. The van der Waals surface area contributed by atoms with Gasteiger partial charge in [0.1, 0.15) is 6.04 Å². The van der Waals surface area contributed by atoms with Crippen LogP contribution in [0.2, 0.25) is 0 Å². The Kier molecular flexibility index (Phi) is 5.20. The van der Waals surface area contributed by atoms with E-state index in [4.69, 9.17) is 0 Å². The van der Waals surface area contributed by atoms with Crippen LogP contribution < -0.4 is 16.0 Å². The summed E-state index contributed by atoms with van der Waals surface area (Å²) in [5.74, 6) is -2.37. The molecule has 2 aliphatic rings. The van der Waals surface area contributed by atoms with Crippen molar-refractivity contribution in [2.45, 2.75) is 38.6 Å². The maximum Gasteiger partial charge on any atom is 0.319 e. The minimum absolute atomic E-state index is 0.0504. The van der Waals surface area contributed by atoms with Crippen LogP contribution in [0.4, 0.5) is 10.5 Å². The number of unbranched alkanes of at least 4 members (excludes halogenated alkanes) is 1. The topological polar surface area (TPSA) is 125 Å². The van der Waals surface area contributed by atoms with E-state index in [1.165, 1.54) is 12.1 Å². The SMILES string of the molecule is CCCCNC(=O)Nc1cccc2c1C(=O)N(C1CCC(=O)NC1=O)C2=O. The van der Waals surface area contributed by atoms with Crippen molar-refractivity contribution in [3.05, 3.63) is 29.3 Å². The van der Waals surface area contributed by atoms with Gasteiger partial charge in [-0.25, -0.2) is 4.79 Å². The maximum absolute atomic E-state index is 12.9. The quantitative estimate of drug-likeness (QED) is 0.525. The highest BCUT2D eigenvalue weighted by Crippen LogP contribution is 2.32. The number of hydrogen-bond donors (Lipinski definition) is 3. The average molecular weight is 372 g/mol. The summed E-state index contributed by atoms with van der Waals surface area (Å²) in [6, 6.07) is 3.04. The zero-order valence-corrected chi connectivity index (χ0v) is 14.8. The summed E-state index contributed by atoms with van der Waals surface area (Å²) in [5, 5.41) is 7.41. The number of piperidine rings is 1. The van der Waals surface area contributed by atoms with Gasteiger partial charge in [0.05, 0.1) is 16.8 Å². The number of urea groups is 1. The molecule has 2 heterocycles. The Morgan fingerprint density at radius 3 is 2.70 bits per heavy atom. The summed E-state index contributed by atoms with van der Waals surface area (Å²) < 4.78 is 0. The number of carbonyl (C=O) groups excluding carboxylic acids is 5. The first-order chi connectivity index (χ1) is 12.9. The van der Waals surface area contributed by atoms with Crippen LogP contribution in [0.1, 0.15) is 53.3 Å². The largest absolute Gasteiger partial charge is 0.338 e. The fourth-order valence-electron chi connectivity index (χ4n) is 3.16. The lowest BCUT2D eigenvalue weighted by molar-refractivity contribution is -0.136. The maximum atomic E-state index is 12.9. The van der Waals surface area contributed by atoms with Crippen molar-refractivity contribution in [2.24, 2.45) is 0 Å². The predicted molar refractivity (Wildman–Crippen MR) is 95.0 cm³/mol. The van der Waals surface area contributed by atoms with Gasteiger partial charge < -0.3 is 10.6 Å². The summed E-state index contributed by atoms with van der Waals surface area (Å²) in [7, 11) is 0. The van der Waals surface area contributed by atoms with Gasteiger partial charge in [-0.1, -0.05) is 19.4 Å². The van der Waals surface area contributed by atoms with Crippen LogP contribution >= 0.6 is 0 Å². The molecule has 0 aliphatic carbocycles. The molecule has 9 nitrogen and oxygen atoms in total. The van der Waals surface area contributed by atoms with Crippen LogP contribution in [0.3, 0.4) is 0 Å². The molecule has 1 atom stereocenters. The molecule has 27 heavy (non-hydrogen) atoms. The van der Waals surface area contributed by atoms with Crippen LogP contribution in [0.5, 0.6) is 0 Å². The smallest absolute Gasteiger partial charge is 0.319 e. The van der Waals surface area contributed by atoms with Crippen LogP contribution in [0.25, 0.3) is 0 Å². The van der Waals surface area contributed by atoms with Gasteiger partial charge in [0.15, 0.2) is 0 Å². The number of rotatable bonds is 5. The molecule has 1 saturated heterocycles. The summed E-state index contributed by atoms with van der Waals surface area (Å²) in [5.41, 5.74) is 0.378. The van der Waals surface area contributed by atoms with Crippen LogP contribution in [0, 0.1) is 0 Å². The number of nitrogens with zero attached hydrogens (tertiary/aromatic N) is 1. The van der Waals surface area contributed by atoms with E-state index in [1.54, 1.807) is 6.07 Å². The van der Waals surface area contributed by atoms with Gasteiger partial charge >= 0.3 is 6.03 Å². The third-order valence-electron chi connectivity index (χ3n) is 4.53. The highest BCUT2D eigenvalue weighted by molar-refractivity contribution is 6.26. The Bertz CT molecular complexity index is 835. The second-order valence-corrected chi connectivity index (χ2v) is 6.41. The number of fused-ring (bicyclic) bond motifs is 1. The van der Waals surface area contributed by atoms with E-state index in [0.717, 1.165) is 17.7 Å². The number of carbonyl (C=O) groups is 5. The fraction of sp³-hybridized carbons (Fsp3) is 0.389. The standard InChI is InChI=1S/C18H20N4O5/c1-2-3-9-19-18(27)20-11-6-4-5-10-14(11)17(26)22(16(10)25)12-7-8-13(23)21-15(12)24/h4-6,12H,2-3,7-9H2,1H3,(H2,19,20,27)(H,21,23,24).